The molecule has 110 valence electrons. The summed E-state index contributed by atoms with van der Waals surface area (Å²) in [6.45, 7) is 0. The highest BCUT2D eigenvalue weighted by molar-refractivity contribution is 6.30. The third-order valence-electron chi connectivity index (χ3n) is 2.40. The standard InChI is InChI=1S/C12H6Cl2F3N3O/c13-6-1-2-8(7(5-6)12(15,16)17)18-11(21)9-3-4-10(14)20-19-9/h1-5H,(H,18,21). The molecular weight excluding hydrogens is 330 g/mol. The predicted molar refractivity (Wildman–Crippen MR) is 71.4 cm³/mol. The van der Waals surface area contributed by atoms with E-state index in [0.29, 0.717) is 0 Å². The summed E-state index contributed by atoms with van der Waals surface area (Å²) in [4.78, 5) is 11.8. The molecule has 4 nitrogen and oxygen atoms in total. The number of hydrogen-bond acceptors (Lipinski definition) is 3. The van der Waals surface area contributed by atoms with Crippen molar-refractivity contribution >= 4 is 34.8 Å². The van der Waals surface area contributed by atoms with Crippen LogP contribution in [0.1, 0.15) is 16.1 Å². The van der Waals surface area contributed by atoms with Crippen molar-refractivity contribution in [2.75, 3.05) is 5.32 Å². The number of nitrogens with zero attached hydrogens (tertiary/aromatic N) is 2. The van der Waals surface area contributed by atoms with Crippen molar-refractivity contribution in [2.45, 2.75) is 6.18 Å². The van der Waals surface area contributed by atoms with Crippen molar-refractivity contribution in [3.63, 3.8) is 0 Å². The molecule has 2 aromatic rings. The van der Waals surface area contributed by atoms with Crippen molar-refractivity contribution < 1.29 is 18.0 Å². The minimum absolute atomic E-state index is 0.0639. The number of hydrogen-bond donors (Lipinski definition) is 1. The number of carbonyl (C=O) groups excluding carboxylic acids is 1. The van der Waals surface area contributed by atoms with E-state index < -0.39 is 23.3 Å². The molecule has 1 aromatic carbocycles. The fraction of sp³-hybridized carbons (Fsp3) is 0.0833. The lowest BCUT2D eigenvalue weighted by Gasteiger charge is -2.13. The third-order valence-corrected chi connectivity index (χ3v) is 2.84. The van der Waals surface area contributed by atoms with Crippen LogP contribution in [-0.2, 0) is 6.18 Å². The lowest BCUT2D eigenvalue weighted by atomic mass is 10.1. The Labute approximate surface area is 126 Å². The second-order valence-corrected chi connectivity index (χ2v) is 4.71. The molecule has 21 heavy (non-hydrogen) atoms. The Morgan fingerprint density at radius 1 is 1.10 bits per heavy atom. The van der Waals surface area contributed by atoms with Crippen molar-refractivity contribution in [2.24, 2.45) is 0 Å². The van der Waals surface area contributed by atoms with Gasteiger partial charge in [-0.25, -0.2) is 0 Å². The molecule has 0 bridgehead atoms. The van der Waals surface area contributed by atoms with Gasteiger partial charge in [0.2, 0.25) is 0 Å². The summed E-state index contributed by atoms with van der Waals surface area (Å²) in [5, 5.41) is 9.01. The lowest BCUT2D eigenvalue weighted by Crippen LogP contribution is -2.18. The van der Waals surface area contributed by atoms with Crippen LogP contribution < -0.4 is 5.32 Å². The quantitative estimate of drug-likeness (QED) is 0.900. The number of halogens is 5. The SMILES string of the molecule is O=C(Nc1ccc(Cl)cc1C(F)(F)F)c1ccc(Cl)nn1. The Bertz CT molecular complexity index is 674. The molecule has 0 fully saturated rings. The molecular formula is C12H6Cl2F3N3O. The Hall–Kier alpha value is -1.86. The summed E-state index contributed by atoms with van der Waals surface area (Å²) < 4.78 is 38.6. The first-order valence-corrected chi connectivity index (χ1v) is 6.20. The molecule has 0 unspecified atom stereocenters. The molecule has 0 spiro atoms. The molecule has 0 aliphatic rings. The highest BCUT2D eigenvalue weighted by Crippen LogP contribution is 2.36. The number of aromatic nitrogens is 2. The first-order chi connectivity index (χ1) is 9.77. The second-order valence-electron chi connectivity index (χ2n) is 3.88. The molecule has 1 aromatic heterocycles. The van der Waals surface area contributed by atoms with Gasteiger partial charge in [0.25, 0.3) is 5.91 Å². The first-order valence-electron chi connectivity index (χ1n) is 5.44. The Morgan fingerprint density at radius 3 is 2.38 bits per heavy atom. The zero-order chi connectivity index (χ0) is 15.6. The Morgan fingerprint density at radius 2 is 1.81 bits per heavy atom. The average Bonchev–Trinajstić information content (AvgIpc) is 2.40. The summed E-state index contributed by atoms with van der Waals surface area (Å²) in [7, 11) is 0. The van der Waals surface area contributed by atoms with Crippen LogP contribution in [0.3, 0.4) is 0 Å². The smallest absolute Gasteiger partial charge is 0.320 e. The highest BCUT2D eigenvalue weighted by Gasteiger charge is 2.34. The molecule has 9 heteroatoms. The zero-order valence-corrected chi connectivity index (χ0v) is 11.6. The van der Waals surface area contributed by atoms with Crippen LogP contribution in [0.2, 0.25) is 10.2 Å². The van der Waals surface area contributed by atoms with Gasteiger partial charge in [0.15, 0.2) is 10.8 Å². The number of rotatable bonds is 2. The van der Waals surface area contributed by atoms with Gasteiger partial charge < -0.3 is 5.32 Å². The van der Waals surface area contributed by atoms with E-state index in [0.717, 1.165) is 12.1 Å². The van der Waals surface area contributed by atoms with E-state index in [2.05, 4.69) is 15.5 Å². The van der Waals surface area contributed by atoms with Crippen molar-refractivity contribution in [3.05, 3.63) is 51.8 Å². The monoisotopic (exact) mass is 335 g/mol. The van der Waals surface area contributed by atoms with Gasteiger partial charge in [-0.1, -0.05) is 23.2 Å². The number of anilines is 1. The maximum Gasteiger partial charge on any atom is 0.418 e. The third kappa shape index (κ3) is 3.83. The van der Waals surface area contributed by atoms with Gasteiger partial charge in [-0.2, -0.15) is 13.2 Å². The molecule has 0 saturated carbocycles. The predicted octanol–water partition coefficient (Wildman–Crippen LogP) is 4.05. The maximum absolute atomic E-state index is 12.9. The van der Waals surface area contributed by atoms with Crippen LogP contribution in [0.5, 0.6) is 0 Å². The number of alkyl halides is 3. The molecule has 2 rings (SSSR count). The highest BCUT2D eigenvalue weighted by atomic mass is 35.5. The minimum Gasteiger partial charge on any atom is -0.320 e. The van der Waals surface area contributed by atoms with E-state index in [-0.39, 0.29) is 15.9 Å². The number of nitrogens with one attached hydrogen (secondary N) is 1. The van der Waals surface area contributed by atoms with Crippen LogP contribution in [0.4, 0.5) is 18.9 Å². The molecule has 0 saturated heterocycles. The first kappa shape index (κ1) is 15.5. The van der Waals surface area contributed by atoms with Crippen LogP contribution >= 0.6 is 23.2 Å². The van der Waals surface area contributed by atoms with E-state index in [1.54, 1.807) is 0 Å². The summed E-state index contributed by atoms with van der Waals surface area (Å²) in [6, 6.07) is 5.57. The van der Waals surface area contributed by atoms with Gasteiger partial charge in [-0.3, -0.25) is 4.79 Å². The minimum atomic E-state index is -4.65. The van der Waals surface area contributed by atoms with Crippen LogP contribution in [0, 0.1) is 0 Å². The molecule has 0 radical (unpaired) electrons. The number of amides is 1. The summed E-state index contributed by atoms with van der Waals surface area (Å²) in [6.07, 6.45) is -4.65. The van der Waals surface area contributed by atoms with Gasteiger partial charge in [-0.05, 0) is 30.3 Å². The molecule has 1 N–H and O–H groups in total. The van der Waals surface area contributed by atoms with Gasteiger partial charge in [0.1, 0.15) is 0 Å². The summed E-state index contributed by atoms with van der Waals surface area (Å²) in [5.74, 6) is -0.841. The van der Waals surface area contributed by atoms with Crippen LogP contribution in [-0.4, -0.2) is 16.1 Å². The average molecular weight is 336 g/mol. The fourth-order valence-electron chi connectivity index (χ4n) is 1.48. The van der Waals surface area contributed by atoms with E-state index in [4.69, 9.17) is 23.2 Å². The van der Waals surface area contributed by atoms with E-state index >= 15 is 0 Å². The Balaban J connectivity index is 2.31. The molecule has 1 amide bonds. The van der Waals surface area contributed by atoms with Crippen molar-refractivity contribution in [3.8, 4) is 0 Å². The largest absolute Gasteiger partial charge is 0.418 e. The number of carbonyl (C=O) groups is 1. The van der Waals surface area contributed by atoms with Crippen molar-refractivity contribution in [1.82, 2.24) is 10.2 Å². The topological polar surface area (TPSA) is 54.9 Å². The molecule has 0 aliphatic heterocycles. The number of benzene rings is 1. The van der Waals surface area contributed by atoms with Gasteiger partial charge in [0.05, 0.1) is 11.3 Å². The molecule has 0 atom stereocenters. The summed E-state index contributed by atoms with van der Waals surface area (Å²) in [5.41, 5.74) is -1.64. The Kier molecular flexibility index (Phi) is 4.34. The van der Waals surface area contributed by atoms with E-state index in [9.17, 15) is 18.0 Å². The van der Waals surface area contributed by atoms with Crippen LogP contribution in [0.15, 0.2) is 30.3 Å². The fourth-order valence-corrected chi connectivity index (χ4v) is 1.76. The molecule has 0 aliphatic carbocycles. The van der Waals surface area contributed by atoms with E-state index in [1.165, 1.54) is 18.2 Å². The van der Waals surface area contributed by atoms with Gasteiger partial charge in [0, 0.05) is 5.02 Å². The zero-order valence-electron chi connectivity index (χ0n) is 10.1. The summed E-state index contributed by atoms with van der Waals surface area (Å²) >= 11 is 11.1. The lowest BCUT2D eigenvalue weighted by molar-refractivity contribution is -0.136. The van der Waals surface area contributed by atoms with E-state index in [1.807, 2.05) is 0 Å². The van der Waals surface area contributed by atoms with Crippen LogP contribution in [0.25, 0.3) is 0 Å². The van der Waals surface area contributed by atoms with Gasteiger partial charge in [-0.15, -0.1) is 10.2 Å². The maximum atomic E-state index is 12.9. The molecule has 1 heterocycles. The normalized spacial score (nSPS) is 11.3. The van der Waals surface area contributed by atoms with Crippen molar-refractivity contribution in [1.29, 1.82) is 0 Å². The van der Waals surface area contributed by atoms with Gasteiger partial charge >= 0.3 is 6.18 Å². The second kappa shape index (κ2) is 5.87.